The standard InChI is InChI=1S/C28H35Cl2NO5S/c1-5-19(3)37(35,36)14-13-18(2)31-26(20-9-11-22(29)12-10-20)24(21-7-6-8-23(30)15-21)16-28(4,27(31)34)17-25(32)33/h6-12,15,18-19,24,26H,5,13-14,16-17H2,1-4H3,(H,32,33)/t18-,19+,24+,26+,28+/m0/s1. The minimum absolute atomic E-state index is 0.0578. The fraction of sp³-hybridized carbons (Fsp3) is 0.500. The van der Waals surface area contributed by atoms with Gasteiger partial charge in [0.1, 0.15) is 0 Å². The monoisotopic (exact) mass is 567 g/mol. The Bertz CT molecular complexity index is 1230. The number of carboxylic acids is 1. The van der Waals surface area contributed by atoms with Crippen molar-refractivity contribution in [3.63, 3.8) is 0 Å². The van der Waals surface area contributed by atoms with Crippen LogP contribution < -0.4 is 0 Å². The maximum Gasteiger partial charge on any atom is 0.304 e. The number of piperidine rings is 1. The van der Waals surface area contributed by atoms with Gasteiger partial charge in [0.05, 0.1) is 28.9 Å². The van der Waals surface area contributed by atoms with Crippen molar-refractivity contribution in [2.24, 2.45) is 5.41 Å². The fourth-order valence-corrected chi connectivity index (χ4v) is 7.20. The molecule has 202 valence electrons. The number of sulfone groups is 1. The number of benzene rings is 2. The maximum atomic E-state index is 14.1. The zero-order valence-corrected chi connectivity index (χ0v) is 24.0. The normalized spacial score (nSPS) is 24.1. The lowest BCUT2D eigenvalue weighted by Crippen LogP contribution is -2.55. The van der Waals surface area contributed by atoms with Gasteiger partial charge >= 0.3 is 5.97 Å². The van der Waals surface area contributed by atoms with Gasteiger partial charge in [0.25, 0.3) is 0 Å². The number of likely N-dealkylation sites (tertiary alicyclic amines) is 1. The van der Waals surface area contributed by atoms with Crippen molar-refractivity contribution in [1.29, 1.82) is 0 Å². The van der Waals surface area contributed by atoms with Crippen LogP contribution in [-0.4, -0.2) is 47.3 Å². The number of carbonyl (C=O) groups is 2. The molecule has 1 fully saturated rings. The highest BCUT2D eigenvalue weighted by molar-refractivity contribution is 7.92. The lowest BCUT2D eigenvalue weighted by atomic mass is 9.67. The molecule has 3 rings (SSSR count). The summed E-state index contributed by atoms with van der Waals surface area (Å²) >= 11 is 12.5. The third-order valence-corrected chi connectivity index (χ3v) is 10.5. The molecule has 2 aromatic rings. The highest BCUT2D eigenvalue weighted by Crippen LogP contribution is 2.52. The fourth-order valence-electron chi connectivity index (χ4n) is 5.29. The molecule has 2 aromatic carbocycles. The number of nitrogens with zero attached hydrogens (tertiary/aromatic N) is 1. The van der Waals surface area contributed by atoms with E-state index in [4.69, 9.17) is 23.2 Å². The quantitative estimate of drug-likeness (QED) is 0.352. The number of rotatable bonds is 10. The first kappa shape index (κ1) is 29.5. The van der Waals surface area contributed by atoms with Gasteiger partial charge in [0, 0.05) is 22.0 Å². The third kappa shape index (κ3) is 6.68. The van der Waals surface area contributed by atoms with Crippen LogP contribution in [0, 0.1) is 5.41 Å². The summed E-state index contributed by atoms with van der Waals surface area (Å²) in [7, 11) is -3.34. The molecule has 1 aliphatic heterocycles. The SMILES string of the molecule is CC[C@@H](C)S(=O)(=O)CC[C@H](C)N1C(=O)[C@@](C)(CC(=O)O)C[C@H](c2cccc(Cl)c2)[C@H]1c1ccc(Cl)cc1. The minimum atomic E-state index is -3.34. The molecular formula is C28H35Cl2NO5S. The van der Waals surface area contributed by atoms with Gasteiger partial charge in [-0.25, -0.2) is 8.42 Å². The van der Waals surface area contributed by atoms with E-state index >= 15 is 0 Å². The number of carbonyl (C=O) groups excluding carboxylic acids is 1. The Morgan fingerprint density at radius 3 is 2.32 bits per heavy atom. The molecule has 0 unspecified atom stereocenters. The van der Waals surface area contributed by atoms with Gasteiger partial charge in [-0.05, 0) is 68.5 Å². The van der Waals surface area contributed by atoms with Crippen molar-refractivity contribution in [2.75, 3.05) is 5.75 Å². The number of aliphatic carboxylic acids is 1. The van der Waals surface area contributed by atoms with Crippen LogP contribution in [0.1, 0.15) is 76.5 Å². The average Bonchev–Trinajstić information content (AvgIpc) is 2.83. The van der Waals surface area contributed by atoms with Gasteiger partial charge in [-0.15, -0.1) is 0 Å². The van der Waals surface area contributed by atoms with Crippen molar-refractivity contribution in [2.45, 2.75) is 76.6 Å². The maximum absolute atomic E-state index is 14.1. The van der Waals surface area contributed by atoms with Gasteiger partial charge in [-0.1, -0.05) is 61.3 Å². The summed E-state index contributed by atoms with van der Waals surface area (Å²) in [5.74, 6) is -1.67. The van der Waals surface area contributed by atoms with Crippen molar-refractivity contribution < 1.29 is 23.1 Å². The van der Waals surface area contributed by atoms with Crippen molar-refractivity contribution in [3.05, 3.63) is 69.7 Å². The Hall–Kier alpha value is -2.09. The highest BCUT2D eigenvalue weighted by Gasteiger charge is 2.51. The third-order valence-electron chi connectivity index (χ3n) is 7.61. The van der Waals surface area contributed by atoms with E-state index in [0.29, 0.717) is 22.9 Å². The lowest BCUT2D eigenvalue weighted by molar-refractivity contribution is -0.160. The van der Waals surface area contributed by atoms with Gasteiger partial charge < -0.3 is 10.0 Å². The van der Waals surface area contributed by atoms with Crippen molar-refractivity contribution in [1.82, 2.24) is 4.90 Å². The molecule has 0 aromatic heterocycles. The van der Waals surface area contributed by atoms with Crippen LogP contribution in [0.25, 0.3) is 0 Å². The van der Waals surface area contributed by atoms with E-state index in [1.54, 1.807) is 36.9 Å². The summed E-state index contributed by atoms with van der Waals surface area (Å²) in [4.78, 5) is 27.7. The first-order valence-electron chi connectivity index (χ1n) is 12.6. The lowest BCUT2D eigenvalue weighted by Gasteiger charge is -2.51. The number of carboxylic acid groups (broad SMARTS) is 1. The second-order valence-electron chi connectivity index (χ2n) is 10.4. The molecular weight excluding hydrogens is 533 g/mol. The molecule has 0 radical (unpaired) electrons. The molecule has 1 aliphatic rings. The van der Waals surface area contributed by atoms with Crippen LogP contribution in [0.15, 0.2) is 48.5 Å². The van der Waals surface area contributed by atoms with Gasteiger partial charge in [-0.2, -0.15) is 0 Å². The molecule has 1 saturated heterocycles. The Balaban J connectivity index is 2.14. The summed E-state index contributed by atoms with van der Waals surface area (Å²) in [6, 6.07) is 13.7. The van der Waals surface area contributed by atoms with Crippen LogP contribution in [-0.2, 0) is 19.4 Å². The molecule has 1 amide bonds. The summed E-state index contributed by atoms with van der Waals surface area (Å²) in [6.07, 6.45) is 0.735. The van der Waals surface area contributed by atoms with Crippen LogP contribution in [0.5, 0.6) is 0 Å². The number of hydrogen-bond acceptors (Lipinski definition) is 4. The van der Waals surface area contributed by atoms with E-state index in [-0.39, 0.29) is 30.4 Å². The molecule has 0 saturated carbocycles. The average molecular weight is 569 g/mol. The number of amides is 1. The predicted octanol–water partition coefficient (Wildman–Crippen LogP) is 6.52. The molecule has 0 aliphatic carbocycles. The Morgan fingerprint density at radius 2 is 1.76 bits per heavy atom. The van der Waals surface area contributed by atoms with E-state index in [2.05, 4.69) is 0 Å². The molecule has 37 heavy (non-hydrogen) atoms. The molecule has 0 spiro atoms. The van der Waals surface area contributed by atoms with Gasteiger partial charge in [0.15, 0.2) is 9.84 Å². The number of halogens is 2. The summed E-state index contributed by atoms with van der Waals surface area (Å²) < 4.78 is 25.6. The molecule has 9 heteroatoms. The summed E-state index contributed by atoms with van der Waals surface area (Å²) in [5, 5.41) is 10.3. The van der Waals surface area contributed by atoms with E-state index < -0.39 is 38.6 Å². The molecule has 1 heterocycles. The van der Waals surface area contributed by atoms with Gasteiger partial charge in [-0.3, -0.25) is 9.59 Å². The molecule has 1 N–H and O–H groups in total. The second kappa shape index (κ2) is 11.7. The zero-order valence-electron chi connectivity index (χ0n) is 21.7. The predicted molar refractivity (Wildman–Crippen MR) is 148 cm³/mol. The summed E-state index contributed by atoms with van der Waals surface area (Å²) in [6.45, 7) is 7.06. The van der Waals surface area contributed by atoms with E-state index in [9.17, 15) is 23.1 Å². The van der Waals surface area contributed by atoms with Crippen LogP contribution in [0.3, 0.4) is 0 Å². The van der Waals surface area contributed by atoms with Crippen LogP contribution in [0.2, 0.25) is 10.0 Å². The van der Waals surface area contributed by atoms with Crippen molar-refractivity contribution in [3.8, 4) is 0 Å². The Kier molecular flexibility index (Phi) is 9.36. The largest absolute Gasteiger partial charge is 0.481 e. The van der Waals surface area contributed by atoms with E-state index in [1.165, 1.54) is 0 Å². The smallest absolute Gasteiger partial charge is 0.304 e. The molecule has 0 bridgehead atoms. The van der Waals surface area contributed by atoms with Crippen molar-refractivity contribution >= 4 is 44.9 Å². The first-order chi connectivity index (χ1) is 17.3. The summed E-state index contributed by atoms with van der Waals surface area (Å²) in [5.41, 5.74) is 0.559. The number of hydrogen-bond donors (Lipinski definition) is 1. The first-order valence-corrected chi connectivity index (χ1v) is 15.0. The van der Waals surface area contributed by atoms with E-state index in [1.807, 2.05) is 44.2 Å². The van der Waals surface area contributed by atoms with Gasteiger partial charge in [0.2, 0.25) is 5.91 Å². The second-order valence-corrected chi connectivity index (χ2v) is 13.8. The molecule has 6 nitrogen and oxygen atoms in total. The highest BCUT2D eigenvalue weighted by atomic mass is 35.5. The van der Waals surface area contributed by atoms with Crippen LogP contribution >= 0.6 is 23.2 Å². The Morgan fingerprint density at radius 1 is 1.11 bits per heavy atom. The van der Waals surface area contributed by atoms with E-state index in [0.717, 1.165) is 11.1 Å². The Labute approximate surface area is 229 Å². The minimum Gasteiger partial charge on any atom is -0.481 e. The zero-order chi connectivity index (χ0) is 27.5. The van der Waals surface area contributed by atoms with Crippen LogP contribution in [0.4, 0.5) is 0 Å². The topological polar surface area (TPSA) is 91.8 Å². The molecule has 5 atom stereocenters.